The van der Waals surface area contributed by atoms with E-state index in [4.69, 9.17) is 5.84 Å². The Morgan fingerprint density at radius 3 is 2.65 bits per heavy atom. The van der Waals surface area contributed by atoms with Gasteiger partial charge in [0.25, 0.3) is 0 Å². The molecule has 17 heavy (non-hydrogen) atoms. The molecule has 0 aromatic carbocycles. The Labute approximate surface area is 115 Å². The molecule has 1 aromatic rings. The van der Waals surface area contributed by atoms with Gasteiger partial charge in [-0.05, 0) is 64.4 Å². The Morgan fingerprint density at radius 1 is 1.41 bits per heavy atom. The first kappa shape index (κ1) is 12.2. The molecule has 94 valence electrons. The van der Waals surface area contributed by atoms with Gasteiger partial charge in [-0.3, -0.25) is 11.3 Å². The quantitative estimate of drug-likeness (QED) is 0.661. The van der Waals surface area contributed by atoms with Gasteiger partial charge in [-0.1, -0.05) is 12.8 Å². The molecule has 2 nitrogen and oxygen atoms in total. The Kier molecular flexibility index (Phi) is 3.57. The average molecular weight is 315 g/mol. The second-order valence-corrected chi connectivity index (χ2v) is 7.21. The lowest BCUT2D eigenvalue weighted by Crippen LogP contribution is -2.39. The van der Waals surface area contributed by atoms with E-state index in [9.17, 15) is 0 Å². The molecule has 0 amide bonds. The molecule has 2 aliphatic carbocycles. The van der Waals surface area contributed by atoms with Crippen molar-refractivity contribution in [2.45, 2.75) is 38.1 Å². The molecule has 3 atom stereocenters. The molecule has 0 radical (unpaired) electrons. The molecule has 0 aliphatic heterocycles. The molecule has 3 rings (SSSR count). The smallest absolute Gasteiger partial charge is 0.0314 e. The van der Waals surface area contributed by atoms with Crippen molar-refractivity contribution in [3.63, 3.8) is 0 Å². The van der Waals surface area contributed by atoms with Crippen LogP contribution in [-0.2, 0) is 6.42 Å². The van der Waals surface area contributed by atoms with E-state index in [0.29, 0.717) is 6.04 Å². The summed E-state index contributed by atoms with van der Waals surface area (Å²) < 4.78 is 1.24. The lowest BCUT2D eigenvalue weighted by atomic mass is 10.0. The molecule has 0 spiro atoms. The van der Waals surface area contributed by atoms with Gasteiger partial charge in [-0.15, -0.1) is 11.3 Å². The minimum Gasteiger partial charge on any atom is -0.271 e. The minimum atomic E-state index is 0.470. The third-order valence-electron chi connectivity index (χ3n) is 4.50. The summed E-state index contributed by atoms with van der Waals surface area (Å²) in [5.41, 5.74) is 3.07. The maximum absolute atomic E-state index is 5.77. The van der Waals surface area contributed by atoms with Crippen LogP contribution in [0.1, 0.15) is 30.6 Å². The van der Waals surface area contributed by atoms with Gasteiger partial charge >= 0.3 is 0 Å². The maximum Gasteiger partial charge on any atom is 0.0314 e. The highest BCUT2D eigenvalue weighted by Gasteiger charge is 2.53. The maximum atomic E-state index is 5.77. The van der Waals surface area contributed by atoms with Crippen LogP contribution in [0, 0.1) is 17.8 Å². The highest BCUT2D eigenvalue weighted by Crippen LogP contribution is 2.57. The van der Waals surface area contributed by atoms with Crippen molar-refractivity contribution >= 4 is 27.3 Å². The van der Waals surface area contributed by atoms with E-state index < -0.39 is 0 Å². The highest BCUT2D eigenvalue weighted by molar-refractivity contribution is 9.10. The number of thiophene rings is 1. The Morgan fingerprint density at radius 2 is 2.12 bits per heavy atom. The second-order valence-electron chi connectivity index (χ2n) is 5.36. The van der Waals surface area contributed by atoms with E-state index >= 15 is 0 Å². The van der Waals surface area contributed by atoms with E-state index in [1.165, 1.54) is 35.0 Å². The summed E-state index contributed by atoms with van der Waals surface area (Å²) in [7, 11) is 0. The highest BCUT2D eigenvalue weighted by atomic mass is 79.9. The monoisotopic (exact) mass is 314 g/mol. The zero-order valence-electron chi connectivity index (χ0n) is 9.86. The predicted molar refractivity (Wildman–Crippen MR) is 75.8 cm³/mol. The van der Waals surface area contributed by atoms with Crippen LogP contribution in [0.3, 0.4) is 0 Å². The van der Waals surface area contributed by atoms with E-state index in [1.54, 1.807) is 0 Å². The van der Waals surface area contributed by atoms with E-state index in [0.717, 1.165) is 24.2 Å². The van der Waals surface area contributed by atoms with Gasteiger partial charge in [0.05, 0.1) is 0 Å². The number of nitrogens with two attached hydrogens (primary N) is 1. The van der Waals surface area contributed by atoms with Crippen LogP contribution in [0.4, 0.5) is 0 Å². The number of hydrazine groups is 1. The summed E-state index contributed by atoms with van der Waals surface area (Å²) in [5.74, 6) is 8.53. The fraction of sp³-hybridized carbons (Fsp3) is 0.692. The predicted octanol–water partition coefficient (Wildman–Crippen LogP) is 3.32. The van der Waals surface area contributed by atoms with Crippen LogP contribution in [0.5, 0.6) is 0 Å². The van der Waals surface area contributed by atoms with Crippen LogP contribution in [-0.4, -0.2) is 6.04 Å². The first-order valence-electron chi connectivity index (χ1n) is 6.49. The summed E-state index contributed by atoms with van der Waals surface area (Å²) in [5, 5.41) is 2.15. The first-order chi connectivity index (χ1) is 8.31. The standard InChI is InChI=1S/C13H19BrN2S/c14-10-5-6-17-12(10)7-11(16-15)13-8-3-1-2-4-9(8)13/h5-6,8-9,11,13,16H,1-4,7,15H2. The fourth-order valence-electron chi connectivity index (χ4n) is 3.62. The summed E-state index contributed by atoms with van der Waals surface area (Å²) >= 11 is 5.44. The third kappa shape index (κ3) is 2.33. The fourth-order valence-corrected chi connectivity index (χ4v) is 5.20. The molecule has 0 bridgehead atoms. The SMILES string of the molecule is NNC(Cc1sccc1Br)C1C2CCCCC21. The van der Waals surface area contributed by atoms with Gasteiger partial charge in [0.15, 0.2) is 0 Å². The number of rotatable bonds is 4. The van der Waals surface area contributed by atoms with Crippen molar-refractivity contribution in [1.82, 2.24) is 5.43 Å². The number of hydrogen-bond donors (Lipinski definition) is 2. The zero-order chi connectivity index (χ0) is 11.8. The molecule has 0 saturated heterocycles. The third-order valence-corrected chi connectivity index (χ3v) is 6.45. The van der Waals surface area contributed by atoms with Gasteiger partial charge in [0.2, 0.25) is 0 Å². The minimum absolute atomic E-state index is 0.470. The summed E-state index contributed by atoms with van der Waals surface area (Å²) in [6.45, 7) is 0. The second kappa shape index (κ2) is 5.00. The van der Waals surface area contributed by atoms with Crippen LogP contribution in [0.2, 0.25) is 0 Å². The van der Waals surface area contributed by atoms with Crippen LogP contribution >= 0.6 is 27.3 Å². The summed E-state index contributed by atoms with van der Waals surface area (Å²) in [6, 6.07) is 2.60. The molecule has 1 aromatic heterocycles. The molecule has 1 heterocycles. The van der Waals surface area contributed by atoms with Gasteiger partial charge < -0.3 is 0 Å². The van der Waals surface area contributed by atoms with Crippen molar-refractivity contribution in [3.05, 3.63) is 20.8 Å². The van der Waals surface area contributed by atoms with Gasteiger partial charge in [0.1, 0.15) is 0 Å². The number of hydrogen-bond acceptors (Lipinski definition) is 3. The van der Waals surface area contributed by atoms with Gasteiger partial charge in [-0.2, -0.15) is 0 Å². The van der Waals surface area contributed by atoms with Gasteiger partial charge in [-0.25, -0.2) is 0 Å². The van der Waals surface area contributed by atoms with Crippen molar-refractivity contribution in [2.75, 3.05) is 0 Å². The van der Waals surface area contributed by atoms with Gasteiger partial charge in [0, 0.05) is 15.4 Å². The molecule has 2 aliphatic rings. The number of nitrogens with one attached hydrogen (secondary N) is 1. The normalized spacial score (nSPS) is 33.2. The van der Waals surface area contributed by atoms with E-state index in [2.05, 4.69) is 32.8 Å². The molecule has 3 unspecified atom stereocenters. The summed E-state index contributed by atoms with van der Waals surface area (Å²) in [6.07, 6.45) is 6.79. The molecule has 4 heteroatoms. The number of fused-ring (bicyclic) bond motifs is 1. The lowest BCUT2D eigenvalue weighted by Gasteiger charge is -2.15. The zero-order valence-corrected chi connectivity index (χ0v) is 12.3. The van der Waals surface area contributed by atoms with E-state index in [1.807, 2.05) is 11.3 Å². The molecule has 2 saturated carbocycles. The Balaban J connectivity index is 1.66. The molecular weight excluding hydrogens is 296 g/mol. The average Bonchev–Trinajstić information content (AvgIpc) is 2.94. The van der Waals surface area contributed by atoms with Crippen LogP contribution < -0.4 is 11.3 Å². The van der Waals surface area contributed by atoms with Crippen LogP contribution in [0.15, 0.2) is 15.9 Å². The first-order valence-corrected chi connectivity index (χ1v) is 8.16. The van der Waals surface area contributed by atoms with Crippen molar-refractivity contribution in [1.29, 1.82) is 0 Å². The lowest BCUT2D eigenvalue weighted by molar-refractivity contribution is 0.439. The molecule has 3 N–H and O–H groups in total. The Bertz CT molecular complexity index is 381. The van der Waals surface area contributed by atoms with Crippen LogP contribution in [0.25, 0.3) is 0 Å². The number of halogens is 1. The van der Waals surface area contributed by atoms with Crippen molar-refractivity contribution in [3.8, 4) is 0 Å². The summed E-state index contributed by atoms with van der Waals surface area (Å²) in [4.78, 5) is 1.43. The largest absolute Gasteiger partial charge is 0.271 e. The Hall–Kier alpha value is 0.100. The molecule has 2 fully saturated rings. The topological polar surface area (TPSA) is 38.0 Å². The van der Waals surface area contributed by atoms with E-state index in [-0.39, 0.29) is 0 Å². The van der Waals surface area contributed by atoms with Crippen molar-refractivity contribution < 1.29 is 0 Å². The van der Waals surface area contributed by atoms with Crippen molar-refractivity contribution in [2.24, 2.45) is 23.6 Å². The molecular formula is C13H19BrN2S.